The standard InChI is InChI=1S/C24H26F2N6O3/c25-16-3-1-2-15(10-16)20-11-17(26)13-31(20)21-6-9-32-23(29-21)19(12-27-32)24(35)28-18-4-7-30(8-5-18)22(34)14-33/h1-3,6,9-10,12,17-18,20,33H,4-5,7-8,11,13-14H2,(H,28,35)/t17-,20?/m0/s1. The molecule has 35 heavy (non-hydrogen) atoms. The van der Waals surface area contributed by atoms with Crippen molar-refractivity contribution in [2.75, 3.05) is 31.1 Å². The lowest BCUT2D eigenvalue weighted by atomic mass is 10.0. The molecule has 0 saturated carbocycles. The Morgan fingerprint density at radius 2 is 2.00 bits per heavy atom. The minimum atomic E-state index is -1.09. The summed E-state index contributed by atoms with van der Waals surface area (Å²) < 4.78 is 29.7. The largest absolute Gasteiger partial charge is 0.387 e. The highest BCUT2D eigenvalue weighted by Gasteiger charge is 2.35. The second kappa shape index (κ2) is 9.57. The van der Waals surface area contributed by atoms with Crippen LogP contribution in [-0.4, -0.2) is 74.9 Å². The highest BCUT2D eigenvalue weighted by atomic mass is 19.1. The van der Waals surface area contributed by atoms with Crippen LogP contribution in [0.15, 0.2) is 42.7 Å². The third kappa shape index (κ3) is 4.68. The number of carbonyl (C=O) groups excluding carboxylic acids is 2. The lowest BCUT2D eigenvalue weighted by molar-refractivity contribution is -0.135. The van der Waals surface area contributed by atoms with Crippen LogP contribution in [0.4, 0.5) is 14.6 Å². The first-order valence-electron chi connectivity index (χ1n) is 11.6. The molecule has 5 rings (SSSR count). The van der Waals surface area contributed by atoms with Crippen LogP contribution < -0.4 is 10.2 Å². The minimum absolute atomic E-state index is 0.116. The Bertz CT molecular complexity index is 1240. The molecular formula is C24H26F2N6O3. The number of amides is 2. The number of hydrogen-bond acceptors (Lipinski definition) is 6. The summed E-state index contributed by atoms with van der Waals surface area (Å²) in [4.78, 5) is 32.7. The number of anilines is 1. The molecule has 2 amide bonds. The van der Waals surface area contributed by atoms with Gasteiger partial charge < -0.3 is 20.2 Å². The summed E-state index contributed by atoms with van der Waals surface area (Å²) in [7, 11) is 0. The first-order valence-corrected chi connectivity index (χ1v) is 11.6. The Kier molecular flexibility index (Phi) is 6.33. The summed E-state index contributed by atoms with van der Waals surface area (Å²) in [6, 6.07) is 7.36. The van der Waals surface area contributed by atoms with E-state index in [1.165, 1.54) is 22.8 Å². The molecule has 0 radical (unpaired) electrons. The second-order valence-corrected chi connectivity index (χ2v) is 8.95. The molecule has 11 heteroatoms. The number of carbonyl (C=O) groups is 2. The fraction of sp³-hybridized carbons (Fsp3) is 0.417. The maximum Gasteiger partial charge on any atom is 0.256 e. The highest BCUT2D eigenvalue weighted by molar-refractivity contribution is 6.00. The van der Waals surface area contributed by atoms with Gasteiger partial charge in [0.05, 0.1) is 18.8 Å². The highest BCUT2D eigenvalue weighted by Crippen LogP contribution is 2.37. The molecule has 9 nitrogen and oxygen atoms in total. The van der Waals surface area contributed by atoms with Crippen LogP contribution in [0.25, 0.3) is 5.65 Å². The SMILES string of the molecule is O=C(NC1CCN(C(=O)CO)CC1)c1cnn2ccc(N3C[C@@H](F)CC3c3cccc(F)c3)nc12. The number of nitrogens with zero attached hydrogens (tertiary/aromatic N) is 5. The van der Waals surface area contributed by atoms with E-state index in [0.29, 0.717) is 48.5 Å². The van der Waals surface area contributed by atoms with E-state index in [2.05, 4.69) is 15.4 Å². The third-order valence-corrected chi connectivity index (χ3v) is 6.69. The van der Waals surface area contributed by atoms with Gasteiger partial charge >= 0.3 is 0 Å². The molecular weight excluding hydrogens is 458 g/mol. The number of rotatable bonds is 5. The quantitative estimate of drug-likeness (QED) is 0.573. The van der Waals surface area contributed by atoms with Gasteiger partial charge in [-0.3, -0.25) is 9.59 Å². The molecule has 4 heterocycles. The van der Waals surface area contributed by atoms with Crippen molar-refractivity contribution in [3.8, 4) is 0 Å². The fourth-order valence-electron chi connectivity index (χ4n) is 4.88. The molecule has 0 bridgehead atoms. The van der Waals surface area contributed by atoms with Crippen molar-refractivity contribution in [3.63, 3.8) is 0 Å². The second-order valence-electron chi connectivity index (χ2n) is 8.95. The molecule has 1 aromatic carbocycles. The number of aliphatic hydroxyl groups is 1. The zero-order chi connectivity index (χ0) is 24.5. The molecule has 184 valence electrons. The molecule has 2 N–H and O–H groups in total. The maximum absolute atomic E-state index is 14.4. The van der Waals surface area contributed by atoms with Gasteiger partial charge in [-0.2, -0.15) is 5.10 Å². The van der Waals surface area contributed by atoms with E-state index in [9.17, 15) is 18.4 Å². The van der Waals surface area contributed by atoms with Gasteiger partial charge in [-0.25, -0.2) is 18.3 Å². The Morgan fingerprint density at radius 1 is 1.20 bits per heavy atom. The molecule has 3 aromatic rings. The van der Waals surface area contributed by atoms with Crippen molar-refractivity contribution in [1.82, 2.24) is 24.8 Å². The van der Waals surface area contributed by atoms with E-state index in [0.717, 1.165) is 0 Å². The molecule has 0 aliphatic carbocycles. The number of alkyl halides is 1. The Morgan fingerprint density at radius 3 is 2.74 bits per heavy atom. The molecule has 2 aliphatic rings. The van der Waals surface area contributed by atoms with Gasteiger partial charge in [0, 0.05) is 31.7 Å². The van der Waals surface area contributed by atoms with Crippen LogP contribution in [0.5, 0.6) is 0 Å². The van der Waals surface area contributed by atoms with Crippen LogP contribution in [0, 0.1) is 5.82 Å². The van der Waals surface area contributed by atoms with Gasteiger partial charge in [-0.15, -0.1) is 0 Å². The van der Waals surface area contributed by atoms with Crippen LogP contribution in [0.3, 0.4) is 0 Å². The average Bonchev–Trinajstić information content (AvgIpc) is 3.47. The summed E-state index contributed by atoms with van der Waals surface area (Å²) in [6.45, 7) is 0.517. The van der Waals surface area contributed by atoms with Crippen LogP contribution in [-0.2, 0) is 4.79 Å². The van der Waals surface area contributed by atoms with E-state index in [1.54, 1.807) is 34.2 Å². The molecule has 0 spiro atoms. The molecule has 2 atom stereocenters. The predicted octanol–water partition coefficient (Wildman–Crippen LogP) is 1.87. The van der Waals surface area contributed by atoms with Gasteiger partial charge in [0.15, 0.2) is 5.65 Å². The molecule has 2 aromatic heterocycles. The topological polar surface area (TPSA) is 103 Å². The van der Waals surface area contributed by atoms with Crippen molar-refractivity contribution < 1.29 is 23.5 Å². The van der Waals surface area contributed by atoms with Gasteiger partial charge in [-0.1, -0.05) is 12.1 Å². The summed E-state index contributed by atoms with van der Waals surface area (Å²) in [6.07, 6.45) is 3.41. The zero-order valence-electron chi connectivity index (χ0n) is 19.0. The van der Waals surface area contributed by atoms with Crippen molar-refractivity contribution in [2.45, 2.75) is 37.5 Å². The summed E-state index contributed by atoms with van der Waals surface area (Å²) in [5.41, 5.74) is 1.30. The number of piperidine rings is 1. The van der Waals surface area contributed by atoms with E-state index < -0.39 is 12.8 Å². The Labute approximate surface area is 200 Å². The van der Waals surface area contributed by atoms with Crippen molar-refractivity contribution >= 4 is 23.3 Å². The third-order valence-electron chi connectivity index (χ3n) is 6.69. The molecule has 2 fully saturated rings. The summed E-state index contributed by atoms with van der Waals surface area (Å²) in [5.74, 6) is -0.544. The van der Waals surface area contributed by atoms with Crippen molar-refractivity contribution in [1.29, 1.82) is 0 Å². The number of benzene rings is 1. The van der Waals surface area contributed by atoms with E-state index in [1.807, 2.05) is 0 Å². The Hall–Kier alpha value is -3.60. The lowest BCUT2D eigenvalue weighted by Gasteiger charge is -2.32. The first kappa shape index (κ1) is 23.2. The van der Waals surface area contributed by atoms with Gasteiger partial charge in [0.1, 0.15) is 30.0 Å². The first-order chi connectivity index (χ1) is 16.9. The van der Waals surface area contributed by atoms with E-state index in [4.69, 9.17) is 5.11 Å². The van der Waals surface area contributed by atoms with Crippen LogP contribution in [0.1, 0.15) is 41.2 Å². The van der Waals surface area contributed by atoms with Crippen molar-refractivity contribution in [3.05, 3.63) is 59.7 Å². The minimum Gasteiger partial charge on any atom is -0.387 e. The smallest absolute Gasteiger partial charge is 0.256 e. The monoisotopic (exact) mass is 484 g/mol. The normalized spacial score (nSPS) is 21.0. The van der Waals surface area contributed by atoms with Gasteiger partial charge in [-0.05, 0) is 36.6 Å². The molecule has 1 unspecified atom stereocenters. The number of hydrogen-bond donors (Lipinski definition) is 2. The van der Waals surface area contributed by atoms with E-state index in [-0.39, 0.29) is 42.7 Å². The number of aromatic nitrogens is 3. The van der Waals surface area contributed by atoms with E-state index >= 15 is 0 Å². The number of halogens is 2. The molecule has 2 saturated heterocycles. The van der Waals surface area contributed by atoms with Gasteiger partial charge in [0.25, 0.3) is 5.91 Å². The summed E-state index contributed by atoms with van der Waals surface area (Å²) in [5, 5.41) is 16.2. The number of fused-ring (bicyclic) bond motifs is 1. The summed E-state index contributed by atoms with van der Waals surface area (Å²) >= 11 is 0. The predicted molar refractivity (Wildman–Crippen MR) is 123 cm³/mol. The number of nitrogens with one attached hydrogen (secondary N) is 1. The van der Waals surface area contributed by atoms with Gasteiger partial charge in [0.2, 0.25) is 5.91 Å². The van der Waals surface area contributed by atoms with Crippen LogP contribution >= 0.6 is 0 Å². The average molecular weight is 485 g/mol. The molecule has 2 aliphatic heterocycles. The maximum atomic E-state index is 14.4. The number of aliphatic hydroxyl groups excluding tert-OH is 1. The van der Waals surface area contributed by atoms with Crippen LogP contribution in [0.2, 0.25) is 0 Å². The van der Waals surface area contributed by atoms with Crippen molar-refractivity contribution in [2.24, 2.45) is 0 Å². The lowest BCUT2D eigenvalue weighted by Crippen LogP contribution is -2.47. The fourth-order valence-corrected chi connectivity index (χ4v) is 4.88. The number of likely N-dealkylation sites (tertiary alicyclic amines) is 1. The zero-order valence-corrected chi connectivity index (χ0v) is 19.0. The Balaban J connectivity index is 1.35.